The van der Waals surface area contributed by atoms with E-state index in [1.807, 2.05) is 49.4 Å². The first-order chi connectivity index (χ1) is 9.75. The molecular formula is C18H16O2. The zero-order valence-electron chi connectivity index (χ0n) is 11.3. The Bertz CT molecular complexity index is 589. The smallest absolute Gasteiger partial charge is 0.335 e. The first-order valence-corrected chi connectivity index (χ1v) is 6.78. The summed E-state index contributed by atoms with van der Waals surface area (Å²) in [5.41, 5.74) is 2.95. The molecule has 0 spiro atoms. The Balaban J connectivity index is 2.10. The van der Waals surface area contributed by atoms with Gasteiger partial charge in [-0.25, -0.2) is 4.79 Å². The molecule has 1 heterocycles. The molecule has 0 radical (unpaired) electrons. The van der Waals surface area contributed by atoms with Crippen molar-refractivity contribution in [2.45, 2.75) is 18.9 Å². The quantitative estimate of drug-likeness (QED) is 0.790. The van der Waals surface area contributed by atoms with E-state index in [1.54, 1.807) is 0 Å². The minimum atomic E-state index is -0.213. The minimum Gasteiger partial charge on any atom is -0.455 e. The number of cyclic esters (lactones) is 1. The summed E-state index contributed by atoms with van der Waals surface area (Å²) >= 11 is 0. The van der Waals surface area contributed by atoms with Crippen molar-refractivity contribution >= 4 is 5.97 Å². The Kier molecular flexibility index (Phi) is 3.38. The number of hydrogen-bond acceptors (Lipinski definition) is 2. The Morgan fingerprint density at radius 1 is 0.900 bits per heavy atom. The van der Waals surface area contributed by atoms with Crippen molar-refractivity contribution < 1.29 is 9.53 Å². The second-order valence-corrected chi connectivity index (χ2v) is 4.99. The van der Waals surface area contributed by atoms with E-state index >= 15 is 0 Å². The summed E-state index contributed by atoms with van der Waals surface area (Å²) in [4.78, 5) is 12.1. The maximum atomic E-state index is 12.1. The summed E-state index contributed by atoms with van der Waals surface area (Å²) in [7, 11) is 0. The lowest BCUT2D eigenvalue weighted by atomic mass is 9.85. The van der Waals surface area contributed by atoms with Crippen molar-refractivity contribution in [3.63, 3.8) is 0 Å². The lowest BCUT2D eigenvalue weighted by Crippen LogP contribution is -2.11. The molecular weight excluding hydrogens is 248 g/mol. The molecule has 20 heavy (non-hydrogen) atoms. The highest BCUT2D eigenvalue weighted by atomic mass is 16.5. The second kappa shape index (κ2) is 5.33. The lowest BCUT2D eigenvalue weighted by Gasteiger charge is -2.17. The molecule has 0 aromatic heterocycles. The Labute approximate surface area is 118 Å². The fourth-order valence-corrected chi connectivity index (χ4v) is 2.65. The van der Waals surface area contributed by atoms with Crippen molar-refractivity contribution in [1.82, 2.24) is 0 Å². The monoisotopic (exact) mass is 264 g/mol. The third-order valence-corrected chi connectivity index (χ3v) is 3.52. The number of benzene rings is 2. The van der Waals surface area contributed by atoms with Gasteiger partial charge >= 0.3 is 5.97 Å². The normalized spacial score (nSPS) is 18.0. The average Bonchev–Trinajstić information content (AvgIpc) is 2.80. The van der Waals surface area contributed by atoms with Crippen LogP contribution in [0.2, 0.25) is 0 Å². The van der Waals surface area contributed by atoms with E-state index < -0.39 is 0 Å². The highest BCUT2D eigenvalue weighted by Crippen LogP contribution is 2.35. The molecule has 100 valence electrons. The van der Waals surface area contributed by atoms with E-state index in [-0.39, 0.29) is 18.0 Å². The Morgan fingerprint density at radius 2 is 1.40 bits per heavy atom. The van der Waals surface area contributed by atoms with Crippen molar-refractivity contribution in [3.05, 3.63) is 83.4 Å². The highest BCUT2D eigenvalue weighted by molar-refractivity contribution is 5.93. The number of carbonyl (C=O) groups excluding carboxylic acids is 1. The maximum Gasteiger partial charge on any atom is 0.335 e. The topological polar surface area (TPSA) is 26.3 Å². The van der Waals surface area contributed by atoms with Crippen LogP contribution >= 0.6 is 0 Å². The van der Waals surface area contributed by atoms with E-state index in [0.717, 1.165) is 16.7 Å². The third-order valence-electron chi connectivity index (χ3n) is 3.52. The summed E-state index contributed by atoms with van der Waals surface area (Å²) in [5.74, 6) is -0.273. The fourth-order valence-electron chi connectivity index (χ4n) is 2.65. The van der Waals surface area contributed by atoms with Gasteiger partial charge in [0.05, 0.1) is 0 Å². The maximum absolute atomic E-state index is 12.1. The van der Waals surface area contributed by atoms with Gasteiger partial charge in [-0.05, 0) is 24.1 Å². The van der Waals surface area contributed by atoms with Crippen LogP contribution in [0.15, 0.2) is 72.3 Å². The average molecular weight is 264 g/mol. The highest BCUT2D eigenvalue weighted by Gasteiger charge is 2.31. The molecule has 2 nitrogen and oxygen atoms in total. The number of ether oxygens (including phenoxy) is 1. The molecule has 0 bridgehead atoms. The van der Waals surface area contributed by atoms with E-state index in [2.05, 4.69) is 24.3 Å². The van der Waals surface area contributed by atoms with Gasteiger partial charge in [-0.1, -0.05) is 60.7 Å². The molecule has 1 aliphatic rings. The summed E-state index contributed by atoms with van der Waals surface area (Å²) in [6.07, 6.45) is 1.78. The predicted molar refractivity (Wildman–Crippen MR) is 78.4 cm³/mol. The van der Waals surface area contributed by atoms with Gasteiger partial charge in [0.25, 0.3) is 0 Å². The van der Waals surface area contributed by atoms with Crippen molar-refractivity contribution in [1.29, 1.82) is 0 Å². The van der Waals surface area contributed by atoms with Gasteiger partial charge in [-0.2, -0.15) is 0 Å². The summed E-state index contributed by atoms with van der Waals surface area (Å²) in [6.45, 7) is 1.89. The number of esters is 1. The van der Waals surface area contributed by atoms with Crippen molar-refractivity contribution in [3.8, 4) is 0 Å². The molecule has 0 N–H and O–H groups in total. The van der Waals surface area contributed by atoms with Gasteiger partial charge in [0, 0.05) is 11.5 Å². The van der Waals surface area contributed by atoms with Gasteiger partial charge in [0.1, 0.15) is 6.10 Å². The van der Waals surface area contributed by atoms with Gasteiger partial charge in [0.15, 0.2) is 0 Å². The van der Waals surface area contributed by atoms with E-state index in [0.29, 0.717) is 0 Å². The van der Waals surface area contributed by atoms with E-state index in [4.69, 9.17) is 4.74 Å². The van der Waals surface area contributed by atoms with Crippen LogP contribution in [0.4, 0.5) is 0 Å². The van der Waals surface area contributed by atoms with Crippen LogP contribution in [-0.4, -0.2) is 12.1 Å². The zero-order chi connectivity index (χ0) is 13.9. The van der Waals surface area contributed by atoms with Gasteiger partial charge < -0.3 is 4.74 Å². The van der Waals surface area contributed by atoms with Gasteiger partial charge in [-0.3, -0.25) is 0 Å². The lowest BCUT2D eigenvalue weighted by molar-refractivity contribution is -0.139. The van der Waals surface area contributed by atoms with Crippen LogP contribution in [0.5, 0.6) is 0 Å². The Hall–Kier alpha value is -2.35. The van der Waals surface area contributed by atoms with E-state index in [1.165, 1.54) is 0 Å². The number of rotatable bonds is 3. The molecule has 0 aliphatic carbocycles. The van der Waals surface area contributed by atoms with Crippen LogP contribution in [-0.2, 0) is 9.53 Å². The molecule has 1 unspecified atom stereocenters. The number of carbonyl (C=O) groups is 1. The molecule has 0 fully saturated rings. The summed E-state index contributed by atoms with van der Waals surface area (Å²) in [5, 5.41) is 0. The van der Waals surface area contributed by atoms with Crippen LogP contribution in [0.25, 0.3) is 0 Å². The molecule has 1 aliphatic heterocycles. The zero-order valence-corrected chi connectivity index (χ0v) is 11.3. The molecule has 2 aromatic rings. The van der Waals surface area contributed by atoms with Gasteiger partial charge in [0.2, 0.25) is 0 Å². The van der Waals surface area contributed by atoms with Crippen LogP contribution < -0.4 is 0 Å². The van der Waals surface area contributed by atoms with Crippen molar-refractivity contribution in [2.75, 3.05) is 0 Å². The molecule has 3 rings (SSSR count). The SMILES string of the molecule is CC1C=C(C(c2ccccc2)c2ccccc2)C(=O)O1. The first-order valence-electron chi connectivity index (χ1n) is 6.78. The third kappa shape index (κ3) is 2.37. The first kappa shape index (κ1) is 12.7. The fraction of sp³-hybridized carbons (Fsp3) is 0.167. The molecule has 0 saturated heterocycles. The molecule has 2 heteroatoms. The predicted octanol–water partition coefficient (Wildman–Crippen LogP) is 3.69. The molecule has 2 aromatic carbocycles. The standard InChI is InChI=1S/C18H16O2/c1-13-12-16(18(19)20-13)17(14-8-4-2-5-9-14)15-10-6-3-7-11-15/h2-13,17H,1H3. The minimum absolute atomic E-state index is 0.0603. The van der Waals surface area contributed by atoms with Crippen LogP contribution in [0, 0.1) is 0 Å². The Morgan fingerprint density at radius 3 is 1.80 bits per heavy atom. The van der Waals surface area contributed by atoms with Gasteiger partial charge in [-0.15, -0.1) is 0 Å². The largest absolute Gasteiger partial charge is 0.455 e. The van der Waals surface area contributed by atoms with Crippen LogP contribution in [0.1, 0.15) is 24.0 Å². The molecule has 0 saturated carbocycles. The molecule has 0 amide bonds. The van der Waals surface area contributed by atoms with E-state index in [9.17, 15) is 4.79 Å². The second-order valence-electron chi connectivity index (χ2n) is 4.99. The number of hydrogen-bond donors (Lipinski definition) is 0. The van der Waals surface area contributed by atoms with Crippen LogP contribution in [0.3, 0.4) is 0 Å². The van der Waals surface area contributed by atoms with Crippen molar-refractivity contribution in [2.24, 2.45) is 0 Å². The molecule has 1 atom stereocenters. The summed E-state index contributed by atoms with van der Waals surface area (Å²) in [6, 6.07) is 20.1. The summed E-state index contributed by atoms with van der Waals surface area (Å²) < 4.78 is 5.27.